The quantitative estimate of drug-likeness (QED) is 0.160. The molecule has 17 aromatic carbocycles. The third kappa shape index (κ3) is 9.26. The van der Waals surface area contributed by atoms with Crippen molar-refractivity contribution in [1.82, 2.24) is 29.1 Å². The zero-order valence-electron chi connectivity index (χ0n) is 54.2. The minimum Gasteiger partial charge on any atom is -0.309 e. The lowest BCUT2D eigenvalue weighted by Gasteiger charge is -2.13. The highest BCUT2D eigenvalue weighted by Gasteiger charge is 2.22. The number of hydrogen-bond donors (Lipinski definition) is 0. The molecule has 4 aromatic heterocycles. The summed E-state index contributed by atoms with van der Waals surface area (Å²) in [5.41, 5.74) is 17.4. The molecule has 0 radical (unpaired) electrons. The second-order valence-corrected chi connectivity index (χ2v) is 26.0. The van der Waals surface area contributed by atoms with Gasteiger partial charge >= 0.3 is 0 Å². The number of hydrogen-bond acceptors (Lipinski definition) is 4. The normalized spacial score (nSPS) is 11.8. The van der Waals surface area contributed by atoms with Crippen LogP contribution in [0.3, 0.4) is 0 Å². The number of aromatic nitrogens is 6. The van der Waals surface area contributed by atoms with Crippen molar-refractivity contribution in [3.05, 3.63) is 352 Å². The highest BCUT2D eigenvalue weighted by molar-refractivity contribution is 6.30. The second-order valence-electron chi connectivity index (χ2n) is 26.0. The molecule has 6 heteroatoms. The predicted octanol–water partition coefficient (Wildman–Crippen LogP) is 24.7. The van der Waals surface area contributed by atoms with Gasteiger partial charge in [0.25, 0.3) is 0 Å². The van der Waals surface area contributed by atoms with E-state index in [1.165, 1.54) is 97.8 Å². The SMILES string of the molecule is c1ccc(-c2ccc(-c3nc(-c4cccc5cc(-n6c7ccc8ccccc8c7c7c8ccccc8ccc76)ccc45)nc4ccccc34)cc2)cc1.c1ccc(-c2nc(-c3cccc4cc(-n5c6ccc7ccccc7c6c6c7ccccc7ccc65)ccc34)nc3ccccc23)cc1. The Morgan fingerprint density at radius 1 is 0.190 bits per heavy atom. The highest BCUT2D eigenvalue weighted by atomic mass is 15.0. The van der Waals surface area contributed by atoms with Gasteiger partial charge < -0.3 is 9.13 Å². The molecule has 0 atom stereocenters. The lowest BCUT2D eigenvalue weighted by atomic mass is 10.00. The first kappa shape index (κ1) is 56.9. The zero-order chi connectivity index (χ0) is 65.8. The van der Waals surface area contributed by atoms with Gasteiger partial charge in [-0.3, -0.25) is 0 Å². The number of para-hydroxylation sites is 2. The van der Waals surface area contributed by atoms with Gasteiger partial charge in [0.15, 0.2) is 11.6 Å². The molecule has 6 nitrogen and oxygen atoms in total. The fourth-order valence-electron chi connectivity index (χ4n) is 15.7. The molecule has 0 aliphatic carbocycles. The fourth-order valence-corrected chi connectivity index (χ4v) is 15.7. The molecule has 21 aromatic rings. The van der Waals surface area contributed by atoms with Gasteiger partial charge in [-0.05, 0) is 136 Å². The Kier molecular flexibility index (Phi) is 13.2. The van der Waals surface area contributed by atoms with Gasteiger partial charge in [0.1, 0.15) is 0 Å². The molecule has 0 unspecified atom stereocenters. The van der Waals surface area contributed by atoms with Crippen LogP contribution in [0.4, 0.5) is 0 Å². The average Bonchev–Trinajstić information content (AvgIpc) is 1.56. The second kappa shape index (κ2) is 23.2. The van der Waals surface area contributed by atoms with Crippen LogP contribution in [0, 0.1) is 0 Å². The lowest BCUT2D eigenvalue weighted by molar-refractivity contribution is 1.19. The summed E-state index contributed by atoms with van der Waals surface area (Å²) in [6, 6.07) is 126. The van der Waals surface area contributed by atoms with Crippen LogP contribution in [0.25, 0.3) is 198 Å². The number of fused-ring (bicyclic) bond motifs is 18. The largest absolute Gasteiger partial charge is 0.309 e. The van der Waals surface area contributed by atoms with E-state index in [4.69, 9.17) is 19.9 Å². The molecule has 100 heavy (non-hydrogen) atoms. The first-order chi connectivity index (χ1) is 49.6. The Morgan fingerprint density at radius 3 is 0.900 bits per heavy atom. The van der Waals surface area contributed by atoms with E-state index in [1.54, 1.807) is 0 Å². The minimum atomic E-state index is 0.721. The monoisotopic (exact) mass is 1270 g/mol. The van der Waals surface area contributed by atoms with Crippen LogP contribution in [0.1, 0.15) is 0 Å². The summed E-state index contributed by atoms with van der Waals surface area (Å²) >= 11 is 0. The van der Waals surface area contributed by atoms with Gasteiger partial charge in [-0.1, -0.05) is 291 Å². The molecule has 0 saturated carbocycles. The Hall–Kier alpha value is -13.4. The summed E-state index contributed by atoms with van der Waals surface area (Å²) < 4.78 is 4.86. The van der Waals surface area contributed by atoms with E-state index >= 15 is 0 Å². The van der Waals surface area contributed by atoms with Crippen LogP contribution >= 0.6 is 0 Å². The van der Waals surface area contributed by atoms with E-state index in [-0.39, 0.29) is 0 Å². The molecule has 0 aliphatic rings. The van der Waals surface area contributed by atoms with Gasteiger partial charge in [0.2, 0.25) is 0 Å². The van der Waals surface area contributed by atoms with Gasteiger partial charge in [-0.25, -0.2) is 19.9 Å². The van der Waals surface area contributed by atoms with Crippen LogP contribution in [0.5, 0.6) is 0 Å². The van der Waals surface area contributed by atoms with Gasteiger partial charge in [-0.2, -0.15) is 0 Å². The van der Waals surface area contributed by atoms with Crippen molar-refractivity contribution < 1.29 is 0 Å². The van der Waals surface area contributed by atoms with Crippen molar-refractivity contribution >= 4 is 130 Å². The van der Waals surface area contributed by atoms with Crippen molar-refractivity contribution in [2.24, 2.45) is 0 Å². The van der Waals surface area contributed by atoms with Crippen LogP contribution < -0.4 is 0 Å². The summed E-state index contributed by atoms with van der Waals surface area (Å²) in [5.74, 6) is 1.45. The molecular weight excluding hydrogens is 1210 g/mol. The maximum absolute atomic E-state index is 5.29. The van der Waals surface area contributed by atoms with E-state index in [0.717, 1.165) is 100 Å². The molecule has 464 valence electrons. The summed E-state index contributed by atoms with van der Waals surface area (Å²) in [6.45, 7) is 0. The van der Waals surface area contributed by atoms with Crippen molar-refractivity contribution in [2.75, 3.05) is 0 Å². The number of benzene rings is 17. The van der Waals surface area contributed by atoms with Crippen LogP contribution in [-0.4, -0.2) is 29.1 Å². The van der Waals surface area contributed by atoms with E-state index in [0.29, 0.717) is 0 Å². The van der Waals surface area contributed by atoms with Crippen molar-refractivity contribution in [3.8, 4) is 67.8 Å². The minimum absolute atomic E-state index is 0.721. The van der Waals surface area contributed by atoms with Crippen molar-refractivity contribution in [2.45, 2.75) is 0 Å². The lowest BCUT2D eigenvalue weighted by Crippen LogP contribution is -1.97. The molecule has 21 rings (SSSR count). The van der Waals surface area contributed by atoms with E-state index in [9.17, 15) is 0 Å². The van der Waals surface area contributed by atoms with Gasteiger partial charge in [-0.15, -0.1) is 0 Å². The molecule has 0 spiro atoms. The van der Waals surface area contributed by atoms with E-state index < -0.39 is 0 Å². The van der Waals surface area contributed by atoms with Crippen molar-refractivity contribution in [1.29, 1.82) is 0 Å². The first-order valence-electron chi connectivity index (χ1n) is 34.1. The number of nitrogens with zero attached hydrogens (tertiary/aromatic N) is 6. The maximum Gasteiger partial charge on any atom is 0.161 e. The van der Waals surface area contributed by atoms with Crippen molar-refractivity contribution in [3.63, 3.8) is 0 Å². The highest BCUT2D eigenvalue weighted by Crippen LogP contribution is 2.45. The summed E-state index contributed by atoms with van der Waals surface area (Å²) in [4.78, 5) is 20.7. The molecular formula is C94H58N6. The first-order valence-corrected chi connectivity index (χ1v) is 34.1. The fraction of sp³-hybridized carbons (Fsp3) is 0. The summed E-state index contributed by atoms with van der Waals surface area (Å²) in [5, 5.41) is 21.9. The smallest absolute Gasteiger partial charge is 0.161 e. The Morgan fingerprint density at radius 2 is 0.500 bits per heavy atom. The molecule has 4 heterocycles. The number of rotatable bonds is 7. The van der Waals surface area contributed by atoms with E-state index in [1.807, 2.05) is 18.2 Å². The Balaban J connectivity index is 0.000000136. The average molecular weight is 1270 g/mol. The van der Waals surface area contributed by atoms with E-state index in [2.05, 4.69) is 343 Å². The third-order valence-electron chi connectivity index (χ3n) is 20.3. The zero-order valence-corrected chi connectivity index (χ0v) is 54.2. The van der Waals surface area contributed by atoms with Gasteiger partial charge in [0, 0.05) is 65.9 Å². The topological polar surface area (TPSA) is 61.4 Å². The molecule has 0 fully saturated rings. The summed E-state index contributed by atoms with van der Waals surface area (Å²) in [7, 11) is 0. The van der Waals surface area contributed by atoms with Crippen LogP contribution in [0.2, 0.25) is 0 Å². The molecule has 0 bridgehead atoms. The van der Waals surface area contributed by atoms with Crippen LogP contribution in [0.15, 0.2) is 352 Å². The molecule has 0 N–H and O–H groups in total. The molecule has 0 aliphatic heterocycles. The van der Waals surface area contributed by atoms with Crippen LogP contribution in [-0.2, 0) is 0 Å². The summed E-state index contributed by atoms with van der Waals surface area (Å²) in [6.07, 6.45) is 0. The Labute approximate surface area is 575 Å². The molecule has 0 saturated heterocycles. The predicted molar refractivity (Wildman–Crippen MR) is 420 cm³/mol. The molecule has 0 amide bonds. The third-order valence-corrected chi connectivity index (χ3v) is 20.3. The Bertz CT molecular complexity index is 6710. The standard InChI is InChI=1S/C50H31N3.C44H27N3/c1-2-11-32(12-3-1)33-21-23-36(24-22-33)49-43-18-8-9-20-44(43)51-50(52-49)42-19-10-15-37-31-38(27-28-39(37)42)53-45-29-25-34-13-4-6-16-40(34)47(45)48-41-17-7-5-14-35(41)26-30-46(48)53;1-2-13-30(14-3-1)43-37-18-8-9-20-38(37)45-44(46-43)36-19-10-15-31-27-32(23-24-33(31)36)47-39-25-21-28-11-4-6-16-34(28)41(39)42-35-17-7-5-12-29(35)22-26-40(42)47/h1-31H;1-27H. The maximum atomic E-state index is 5.29. The van der Waals surface area contributed by atoms with Gasteiger partial charge in [0.05, 0.1) is 44.5 Å².